The summed E-state index contributed by atoms with van der Waals surface area (Å²) in [5.74, 6) is -0.230. The summed E-state index contributed by atoms with van der Waals surface area (Å²) in [5, 5.41) is 12.2. The number of amides is 3. The molecule has 0 saturated carbocycles. The smallest absolute Gasteiger partial charge is 0.321 e. The van der Waals surface area contributed by atoms with Crippen LogP contribution in [0.15, 0.2) is 60.6 Å². The number of anilines is 1. The quantitative estimate of drug-likeness (QED) is 0.632. The Hall–Kier alpha value is -4.01. The zero-order valence-electron chi connectivity index (χ0n) is 15.0. The van der Waals surface area contributed by atoms with E-state index in [2.05, 4.69) is 31.0 Å². The summed E-state index contributed by atoms with van der Waals surface area (Å²) in [6, 6.07) is 6.79. The Morgan fingerprint density at radius 1 is 1.18 bits per heavy atom. The molecule has 3 heterocycles. The first-order valence-corrected chi connectivity index (χ1v) is 8.70. The van der Waals surface area contributed by atoms with Gasteiger partial charge in [-0.05, 0) is 42.8 Å². The monoisotopic (exact) mass is 375 g/mol. The average molecular weight is 375 g/mol. The number of pyridine rings is 2. The Kier molecular flexibility index (Phi) is 4.55. The zero-order valence-corrected chi connectivity index (χ0v) is 15.0. The van der Waals surface area contributed by atoms with E-state index < -0.39 is 6.03 Å². The summed E-state index contributed by atoms with van der Waals surface area (Å²) in [6.07, 6.45) is 8.81. The molecule has 1 aliphatic carbocycles. The third-order valence-corrected chi connectivity index (χ3v) is 4.04. The van der Waals surface area contributed by atoms with Crippen LogP contribution >= 0.6 is 0 Å². The topological polar surface area (TPSA) is 113 Å². The third-order valence-electron chi connectivity index (χ3n) is 4.04. The molecular weight excluding hydrogens is 358 g/mol. The average Bonchev–Trinajstić information content (AvgIpc) is 3.06. The van der Waals surface area contributed by atoms with Crippen LogP contribution in [0.2, 0.25) is 0 Å². The molecule has 4 rings (SSSR count). The van der Waals surface area contributed by atoms with Gasteiger partial charge < -0.3 is 10.6 Å². The molecule has 3 aromatic rings. The highest BCUT2D eigenvalue weighted by molar-refractivity contribution is 5.96. The Morgan fingerprint density at radius 3 is 2.71 bits per heavy atom. The lowest BCUT2D eigenvalue weighted by Gasteiger charge is -2.11. The van der Waals surface area contributed by atoms with Crippen molar-refractivity contribution >= 4 is 23.5 Å². The standard InChI is InChI=1S/C19H17N7O2/c1-2-21-19(28)24-18-23-16-10-13(12-5-4-8-20-11-12)9-15(26(16)25-18)17(27)22-14-6-3-7-14/h3-11H,2H2,1H3,(H,22,27)(H2,21,24,25,28). The number of hydrogen-bond acceptors (Lipinski definition) is 5. The second kappa shape index (κ2) is 7.31. The van der Waals surface area contributed by atoms with Crippen LogP contribution in [-0.2, 0) is 0 Å². The molecule has 0 saturated heterocycles. The highest BCUT2D eigenvalue weighted by Gasteiger charge is 2.18. The van der Waals surface area contributed by atoms with E-state index in [1.807, 2.05) is 25.1 Å². The Labute approximate surface area is 160 Å². The van der Waals surface area contributed by atoms with E-state index in [0.717, 1.165) is 11.1 Å². The van der Waals surface area contributed by atoms with Crippen LogP contribution < -0.4 is 16.0 Å². The number of rotatable bonds is 5. The van der Waals surface area contributed by atoms with Gasteiger partial charge in [0, 0.05) is 30.2 Å². The maximum absolute atomic E-state index is 12.8. The molecule has 1 aliphatic rings. The Morgan fingerprint density at radius 2 is 2.04 bits per heavy atom. The molecule has 28 heavy (non-hydrogen) atoms. The second-order valence-electron chi connectivity index (χ2n) is 6.00. The van der Waals surface area contributed by atoms with Gasteiger partial charge in [-0.1, -0.05) is 12.1 Å². The number of aromatic nitrogens is 4. The minimum Gasteiger partial charge on any atom is -0.338 e. The van der Waals surface area contributed by atoms with Gasteiger partial charge in [0.2, 0.25) is 0 Å². The lowest BCUT2D eigenvalue weighted by Crippen LogP contribution is -2.28. The van der Waals surface area contributed by atoms with Crippen LogP contribution in [0.1, 0.15) is 17.4 Å². The molecule has 140 valence electrons. The summed E-state index contributed by atoms with van der Waals surface area (Å²) in [5.41, 5.74) is 3.03. The van der Waals surface area contributed by atoms with Gasteiger partial charge in [-0.25, -0.2) is 9.31 Å². The molecule has 9 nitrogen and oxygen atoms in total. The van der Waals surface area contributed by atoms with E-state index in [4.69, 9.17) is 0 Å². The first-order chi connectivity index (χ1) is 13.6. The molecule has 3 amide bonds. The van der Waals surface area contributed by atoms with Gasteiger partial charge in [0.15, 0.2) is 5.65 Å². The number of allylic oxidation sites excluding steroid dienone is 3. The second-order valence-corrected chi connectivity index (χ2v) is 6.00. The number of urea groups is 1. The SMILES string of the molecule is CCNC(=O)Nc1nc2cc(-c3cccnc3)cc(C(=O)NC3=CC=C3)n2n1. The van der Waals surface area contributed by atoms with Crippen LogP contribution in [0, 0.1) is 0 Å². The van der Waals surface area contributed by atoms with Crippen molar-refractivity contribution in [1.82, 2.24) is 30.2 Å². The molecule has 0 aliphatic heterocycles. The molecule has 0 aromatic carbocycles. The molecular formula is C19H17N7O2. The fraction of sp³-hybridized carbons (Fsp3) is 0.105. The van der Waals surface area contributed by atoms with Crippen LogP contribution in [0.3, 0.4) is 0 Å². The zero-order chi connectivity index (χ0) is 19.5. The largest absolute Gasteiger partial charge is 0.338 e. The number of fused-ring (bicyclic) bond motifs is 1. The first kappa shape index (κ1) is 17.4. The lowest BCUT2D eigenvalue weighted by atomic mass is 10.1. The number of carbonyl (C=O) groups is 2. The summed E-state index contributed by atoms with van der Waals surface area (Å²) < 4.78 is 1.40. The number of nitrogens with one attached hydrogen (secondary N) is 3. The van der Waals surface area contributed by atoms with Crippen molar-refractivity contribution < 1.29 is 9.59 Å². The molecule has 3 N–H and O–H groups in total. The maximum atomic E-state index is 12.8. The number of carbonyl (C=O) groups excluding carboxylic acids is 2. The fourth-order valence-electron chi connectivity index (χ4n) is 2.68. The molecule has 0 atom stereocenters. The van der Waals surface area contributed by atoms with Crippen molar-refractivity contribution in [3.05, 3.63) is 66.3 Å². The molecule has 0 unspecified atom stereocenters. The first-order valence-electron chi connectivity index (χ1n) is 8.70. The van der Waals surface area contributed by atoms with Crippen molar-refractivity contribution in [3.8, 4) is 11.1 Å². The van der Waals surface area contributed by atoms with E-state index in [1.165, 1.54) is 4.52 Å². The van der Waals surface area contributed by atoms with Crippen LogP contribution in [-0.4, -0.2) is 38.1 Å². The van der Waals surface area contributed by atoms with E-state index in [0.29, 0.717) is 17.9 Å². The number of nitrogens with zero attached hydrogens (tertiary/aromatic N) is 4. The highest BCUT2D eigenvalue weighted by Crippen LogP contribution is 2.23. The summed E-state index contributed by atoms with van der Waals surface area (Å²) >= 11 is 0. The van der Waals surface area contributed by atoms with Gasteiger partial charge in [0.25, 0.3) is 11.9 Å². The lowest BCUT2D eigenvalue weighted by molar-refractivity contribution is 0.0959. The molecule has 0 spiro atoms. The molecule has 0 radical (unpaired) electrons. The van der Waals surface area contributed by atoms with Crippen molar-refractivity contribution in [2.24, 2.45) is 0 Å². The molecule has 9 heteroatoms. The van der Waals surface area contributed by atoms with Crippen molar-refractivity contribution in [2.45, 2.75) is 6.92 Å². The summed E-state index contributed by atoms with van der Waals surface area (Å²) in [7, 11) is 0. The van der Waals surface area contributed by atoms with Gasteiger partial charge in [-0.15, -0.1) is 5.10 Å². The minimum atomic E-state index is -0.415. The highest BCUT2D eigenvalue weighted by atomic mass is 16.2. The fourth-order valence-corrected chi connectivity index (χ4v) is 2.68. The van der Waals surface area contributed by atoms with Gasteiger partial charge in [0.05, 0.1) is 0 Å². The van der Waals surface area contributed by atoms with E-state index >= 15 is 0 Å². The Bertz CT molecular complexity index is 1120. The van der Waals surface area contributed by atoms with Crippen molar-refractivity contribution in [1.29, 1.82) is 0 Å². The third kappa shape index (κ3) is 3.45. The molecule has 3 aromatic heterocycles. The van der Waals surface area contributed by atoms with Crippen LogP contribution in [0.5, 0.6) is 0 Å². The maximum Gasteiger partial charge on any atom is 0.321 e. The molecule has 0 fully saturated rings. The number of hydrogen-bond donors (Lipinski definition) is 3. The van der Waals surface area contributed by atoms with Gasteiger partial charge in [0.1, 0.15) is 5.69 Å². The van der Waals surface area contributed by atoms with Crippen LogP contribution in [0.4, 0.5) is 10.7 Å². The van der Waals surface area contributed by atoms with Gasteiger partial charge >= 0.3 is 6.03 Å². The molecule has 0 bridgehead atoms. The normalized spacial score (nSPS) is 12.2. The Balaban J connectivity index is 1.77. The van der Waals surface area contributed by atoms with E-state index in [-0.39, 0.29) is 17.5 Å². The summed E-state index contributed by atoms with van der Waals surface area (Å²) in [6.45, 7) is 2.28. The van der Waals surface area contributed by atoms with E-state index in [1.54, 1.807) is 36.7 Å². The van der Waals surface area contributed by atoms with Crippen LogP contribution in [0.25, 0.3) is 16.8 Å². The van der Waals surface area contributed by atoms with Crippen molar-refractivity contribution in [2.75, 3.05) is 11.9 Å². The minimum absolute atomic E-state index is 0.103. The van der Waals surface area contributed by atoms with Crippen molar-refractivity contribution in [3.63, 3.8) is 0 Å². The predicted molar refractivity (Wildman–Crippen MR) is 104 cm³/mol. The van der Waals surface area contributed by atoms with E-state index in [9.17, 15) is 9.59 Å². The predicted octanol–water partition coefficient (Wildman–Crippen LogP) is 2.12. The summed E-state index contributed by atoms with van der Waals surface area (Å²) in [4.78, 5) is 33.0. The van der Waals surface area contributed by atoms with Gasteiger partial charge in [-0.3, -0.25) is 15.1 Å². The van der Waals surface area contributed by atoms with Gasteiger partial charge in [-0.2, -0.15) is 4.98 Å².